The number of nitrogens with zero attached hydrogens (tertiary/aromatic N) is 2. The van der Waals surface area contributed by atoms with Crippen LogP contribution in [0.4, 0.5) is 0 Å². The summed E-state index contributed by atoms with van der Waals surface area (Å²) in [6.45, 7) is 10.7. The van der Waals surface area contributed by atoms with Crippen molar-refractivity contribution in [3.8, 4) is 0 Å². The van der Waals surface area contributed by atoms with Crippen LogP contribution in [0.1, 0.15) is 34.6 Å². The van der Waals surface area contributed by atoms with E-state index in [0.29, 0.717) is 13.1 Å². The quantitative estimate of drug-likeness (QED) is 0.828. The van der Waals surface area contributed by atoms with E-state index in [1.807, 2.05) is 34.6 Å². The molecule has 1 N–H and O–H groups in total. The van der Waals surface area contributed by atoms with Gasteiger partial charge in [0, 0.05) is 18.6 Å². The largest absolute Gasteiger partial charge is 0.480 e. The molecule has 1 saturated heterocycles. The molecule has 20 heavy (non-hydrogen) atoms. The Bertz CT molecular complexity index is 355. The Morgan fingerprint density at radius 2 is 1.70 bits per heavy atom. The summed E-state index contributed by atoms with van der Waals surface area (Å²) < 4.78 is 5.60. The Hall–Kier alpha value is -1.14. The maximum Gasteiger partial charge on any atom is 0.317 e. The summed E-state index contributed by atoms with van der Waals surface area (Å²) in [5.74, 6) is -0.959. The van der Waals surface area contributed by atoms with E-state index in [2.05, 4.69) is 0 Å². The third-order valence-electron chi connectivity index (χ3n) is 3.37. The third kappa shape index (κ3) is 5.09. The normalized spacial score (nSPS) is 24.0. The highest BCUT2D eigenvalue weighted by molar-refractivity contribution is 5.79. The number of ether oxygens (including phenoxy) is 1. The number of carboxylic acid groups (broad SMARTS) is 1. The fourth-order valence-corrected chi connectivity index (χ4v) is 2.34. The summed E-state index contributed by atoms with van der Waals surface area (Å²) >= 11 is 0. The van der Waals surface area contributed by atoms with Gasteiger partial charge in [-0.25, -0.2) is 0 Å². The van der Waals surface area contributed by atoms with E-state index in [1.165, 1.54) is 0 Å². The molecule has 1 fully saturated rings. The zero-order valence-electron chi connectivity index (χ0n) is 13.0. The van der Waals surface area contributed by atoms with Crippen LogP contribution in [-0.4, -0.2) is 70.7 Å². The van der Waals surface area contributed by atoms with Gasteiger partial charge in [-0.15, -0.1) is 0 Å². The van der Waals surface area contributed by atoms with Crippen molar-refractivity contribution in [1.82, 2.24) is 9.80 Å². The highest BCUT2D eigenvalue weighted by Gasteiger charge is 2.30. The topological polar surface area (TPSA) is 70.1 Å². The molecule has 0 aromatic carbocycles. The molecule has 1 heterocycles. The molecule has 0 radical (unpaired) electrons. The Morgan fingerprint density at radius 1 is 1.20 bits per heavy atom. The first-order valence-corrected chi connectivity index (χ1v) is 6.99. The van der Waals surface area contributed by atoms with Gasteiger partial charge in [0.15, 0.2) is 0 Å². The summed E-state index contributed by atoms with van der Waals surface area (Å²) in [6, 6.07) is 0. The number of carbonyl (C=O) groups is 2. The lowest BCUT2D eigenvalue weighted by Crippen LogP contribution is -2.54. The lowest BCUT2D eigenvalue weighted by molar-refractivity contribution is -0.148. The average Bonchev–Trinajstić information content (AvgIpc) is 2.24. The second-order valence-electron chi connectivity index (χ2n) is 6.48. The second kappa shape index (κ2) is 6.54. The molecule has 0 aliphatic carbocycles. The highest BCUT2D eigenvalue weighted by Crippen LogP contribution is 2.15. The lowest BCUT2D eigenvalue weighted by Gasteiger charge is -2.39. The molecule has 2 atom stereocenters. The van der Waals surface area contributed by atoms with E-state index in [1.54, 1.807) is 9.80 Å². The van der Waals surface area contributed by atoms with Gasteiger partial charge in [0.25, 0.3) is 0 Å². The van der Waals surface area contributed by atoms with Gasteiger partial charge in [-0.2, -0.15) is 0 Å². The fourth-order valence-electron chi connectivity index (χ4n) is 2.34. The highest BCUT2D eigenvalue weighted by atomic mass is 16.5. The van der Waals surface area contributed by atoms with Gasteiger partial charge in [0.05, 0.1) is 25.3 Å². The first-order valence-electron chi connectivity index (χ1n) is 6.99. The number of amides is 1. The van der Waals surface area contributed by atoms with E-state index in [-0.39, 0.29) is 36.7 Å². The van der Waals surface area contributed by atoms with E-state index in [4.69, 9.17) is 9.84 Å². The number of rotatable bonds is 4. The van der Waals surface area contributed by atoms with Crippen molar-refractivity contribution in [2.75, 3.05) is 26.2 Å². The Balaban J connectivity index is 2.68. The number of hydrogen-bond donors (Lipinski definition) is 1. The van der Waals surface area contributed by atoms with Gasteiger partial charge in [-0.1, -0.05) is 0 Å². The van der Waals surface area contributed by atoms with Gasteiger partial charge in [0.1, 0.15) is 0 Å². The minimum Gasteiger partial charge on any atom is -0.480 e. The molecule has 1 aliphatic rings. The molecule has 0 spiro atoms. The second-order valence-corrected chi connectivity index (χ2v) is 6.48. The molecular formula is C14H26N2O4. The number of morpholine rings is 1. The molecule has 1 rings (SSSR count). The number of aliphatic carboxylic acids is 1. The molecule has 116 valence electrons. The minimum atomic E-state index is -0.920. The molecule has 6 nitrogen and oxygen atoms in total. The summed E-state index contributed by atoms with van der Waals surface area (Å²) in [5, 5.41) is 8.97. The zero-order chi connectivity index (χ0) is 15.5. The smallest absolute Gasteiger partial charge is 0.317 e. The van der Waals surface area contributed by atoms with Crippen molar-refractivity contribution in [3.63, 3.8) is 0 Å². The molecule has 0 bridgehead atoms. The maximum atomic E-state index is 12.4. The standard InChI is InChI=1S/C14H26N2O4/c1-10-6-15(7-11(2)20-10)12(17)8-16(9-13(18)19)14(3,4)5/h10-11H,6-9H2,1-5H3,(H,18,19). The third-order valence-corrected chi connectivity index (χ3v) is 3.37. The molecule has 1 amide bonds. The first kappa shape index (κ1) is 16.9. The summed E-state index contributed by atoms with van der Waals surface area (Å²) in [7, 11) is 0. The van der Waals surface area contributed by atoms with Gasteiger partial charge >= 0.3 is 5.97 Å². The fraction of sp³-hybridized carbons (Fsp3) is 0.857. The van der Waals surface area contributed by atoms with Crippen molar-refractivity contribution in [2.24, 2.45) is 0 Å². The average molecular weight is 286 g/mol. The molecular weight excluding hydrogens is 260 g/mol. The molecule has 2 unspecified atom stereocenters. The summed E-state index contributed by atoms with van der Waals surface area (Å²) in [5.41, 5.74) is -0.364. The van der Waals surface area contributed by atoms with Crippen LogP contribution < -0.4 is 0 Å². The monoisotopic (exact) mass is 286 g/mol. The van der Waals surface area contributed by atoms with Crippen molar-refractivity contribution >= 4 is 11.9 Å². The summed E-state index contributed by atoms with van der Waals surface area (Å²) in [6.07, 6.45) is 0.0375. The number of carboxylic acids is 1. The first-order chi connectivity index (χ1) is 9.09. The Kier molecular flexibility index (Phi) is 5.53. The lowest BCUT2D eigenvalue weighted by atomic mass is 10.1. The van der Waals surface area contributed by atoms with Gasteiger partial charge in [-0.3, -0.25) is 14.5 Å². The maximum absolute atomic E-state index is 12.4. The number of carbonyl (C=O) groups excluding carboxylic acids is 1. The van der Waals surface area contributed by atoms with Gasteiger partial charge < -0.3 is 14.7 Å². The molecule has 1 aliphatic heterocycles. The van der Waals surface area contributed by atoms with E-state index in [9.17, 15) is 9.59 Å². The van der Waals surface area contributed by atoms with Crippen LogP contribution >= 0.6 is 0 Å². The van der Waals surface area contributed by atoms with Gasteiger partial charge in [0.2, 0.25) is 5.91 Å². The van der Waals surface area contributed by atoms with Crippen molar-refractivity contribution < 1.29 is 19.4 Å². The van der Waals surface area contributed by atoms with E-state index >= 15 is 0 Å². The predicted octanol–water partition coefficient (Wildman–Crippen LogP) is 0.807. The number of hydrogen-bond acceptors (Lipinski definition) is 4. The van der Waals surface area contributed by atoms with Crippen LogP contribution in [0.2, 0.25) is 0 Å². The molecule has 0 aromatic rings. The van der Waals surface area contributed by atoms with Crippen LogP contribution in [0.3, 0.4) is 0 Å². The van der Waals surface area contributed by atoms with Crippen molar-refractivity contribution in [2.45, 2.75) is 52.4 Å². The van der Waals surface area contributed by atoms with E-state index < -0.39 is 5.97 Å². The molecule has 6 heteroatoms. The molecule has 0 saturated carbocycles. The van der Waals surface area contributed by atoms with Crippen LogP contribution in [0.25, 0.3) is 0 Å². The van der Waals surface area contributed by atoms with Crippen molar-refractivity contribution in [1.29, 1.82) is 0 Å². The van der Waals surface area contributed by atoms with Crippen LogP contribution in [0, 0.1) is 0 Å². The van der Waals surface area contributed by atoms with Crippen LogP contribution in [0.5, 0.6) is 0 Å². The van der Waals surface area contributed by atoms with Crippen LogP contribution in [0.15, 0.2) is 0 Å². The Labute approximate surface area is 120 Å². The van der Waals surface area contributed by atoms with Gasteiger partial charge in [-0.05, 0) is 34.6 Å². The van der Waals surface area contributed by atoms with Crippen LogP contribution in [-0.2, 0) is 14.3 Å². The zero-order valence-corrected chi connectivity index (χ0v) is 13.0. The molecule has 0 aromatic heterocycles. The predicted molar refractivity (Wildman–Crippen MR) is 75.6 cm³/mol. The summed E-state index contributed by atoms with van der Waals surface area (Å²) in [4.78, 5) is 26.7. The Morgan fingerprint density at radius 3 is 2.10 bits per heavy atom. The SMILES string of the molecule is CC1CN(C(=O)CN(CC(=O)O)C(C)(C)C)CC(C)O1. The minimum absolute atomic E-state index is 0.0188. The van der Waals surface area contributed by atoms with Crippen molar-refractivity contribution in [3.05, 3.63) is 0 Å². The van der Waals surface area contributed by atoms with E-state index in [0.717, 1.165) is 0 Å².